The monoisotopic (exact) mass is 231 g/mol. The van der Waals surface area contributed by atoms with Gasteiger partial charge in [-0.15, -0.1) is 0 Å². The number of amides is 1. The molecule has 0 aliphatic carbocycles. The van der Waals surface area contributed by atoms with Crippen LogP contribution in [0.15, 0.2) is 0 Å². The van der Waals surface area contributed by atoms with Crippen molar-refractivity contribution in [1.82, 2.24) is 4.90 Å². The number of thioether (sulfide) groups is 1. The van der Waals surface area contributed by atoms with Crippen molar-refractivity contribution < 1.29 is 4.79 Å². The summed E-state index contributed by atoms with van der Waals surface area (Å²) in [5.74, 6) is 3.67. The van der Waals surface area contributed by atoms with E-state index in [1.165, 1.54) is 0 Å². The molecular weight excluding hydrogens is 206 g/mol. The van der Waals surface area contributed by atoms with Crippen LogP contribution in [0.5, 0.6) is 0 Å². The molecule has 0 aromatic rings. The van der Waals surface area contributed by atoms with Gasteiger partial charge in [-0.05, 0) is 17.6 Å². The van der Waals surface area contributed by atoms with Crippen LogP contribution < -0.4 is 0 Å². The Morgan fingerprint density at radius 1 is 1.20 bits per heavy atom. The van der Waals surface area contributed by atoms with E-state index < -0.39 is 0 Å². The third-order valence-corrected chi connectivity index (χ3v) is 3.37. The molecule has 2 nitrogen and oxygen atoms in total. The maximum absolute atomic E-state index is 11.6. The molecule has 3 heteroatoms. The van der Waals surface area contributed by atoms with Gasteiger partial charge in [-0.25, -0.2) is 0 Å². The summed E-state index contributed by atoms with van der Waals surface area (Å²) in [6, 6.07) is 0. The molecule has 0 spiro atoms. The lowest BCUT2D eigenvalue weighted by atomic mass is 10.2. The van der Waals surface area contributed by atoms with E-state index in [9.17, 15) is 4.79 Å². The number of carbonyl (C=O) groups is 1. The van der Waals surface area contributed by atoms with Crippen molar-refractivity contribution in [3.8, 4) is 0 Å². The van der Waals surface area contributed by atoms with Crippen LogP contribution in [-0.2, 0) is 4.79 Å². The first-order valence-corrected chi connectivity index (χ1v) is 6.90. The van der Waals surface area contributed by atoms with Crippen molar-refractivity contribution in [3.05, 3.63) is 0 Å². The summed E-state index contributed by atoms with van der Waals surface area (Å²) in [4.78, 5) is 13.5. The average molecular weight is 231 g/mol. The van der Waals surface area contributed by atoms with Gasteiger partial charge < -0.3 is 4.90 Å². The van der Waals surface area contributed by atoms with Gasteiger partial charge in [0, 0.05) is 25.8 Å². The molecule has 0 aromatic carbocycles. The molecule has 0 rings (SSSR count). The first-order valence-electron chi connectivity index (χ1n) is 5.75. The Balaban J connectivity index is 3.56. The van der Waals surface area contributed by atoms with Crippen LogP contribution in [0.3, 0.4) is 0 Å². The zero-order valence-corrected chi connectivity index (χ0v) is 11.6. The fourth-order valence-electron chi connectivity index (χ4n) is 1.32. The van der Waals surface area contributed by atoms with Crippen LogP contribution in [0, 0.1) is 11.8 Å². The minimum Gasteiger partial charge on any atom is -0.345 e. The topological polar surface area (TPSA) is 20.3 Å². The van der Waals surface area contributed by atoms with Gasteiger partial charge in [0.15, 0.2) is 0 Å². The first-order chi connectivity index (χ1) is 6.93. The van der Waals surface area contributed by atoms with E-state index in [0.29, 0.717) is 12.3 Å². The van der Waals surface area contributed by atoms with Gasteiger partial charge in [0.1, 0.15) is 0 Å². The van der Waals surface area contributed by atoms with Gasteiger partial charge in [-0.3, -0.25) is 4.79 Å². The van der Waals surface area contributed by atoms with E-state index in [-0.39, 0.29) is 5.91 Å². The molecule has 0 heterocycles. The molecule has 1 amide bonds. The van der Waals surface area contributed by atoms with Crippen LogP contribution in [0.4, 0.5) is 0 Å². The van der Waals surface area contributed by atoms with E-state index in [1.54, 1.807) is 0 Å². The molecule has 0 bridgehead atoms. The molecule has 0 aliphatic rings. The second-order valence-corrected chi connectivity index (χ2v) is 6.04. The number of nitrogens with zero attached hydrogens (tertiary/aromatic N) is 1. The minimum atomic E-state index is 0.278. The standard InChI is InChI=1S/C12H25NOS/c1-10(2)8-13(5)12(14)6-7-15-9-11(3)4/h10-11H,6-9H2,1-5H3. The van der Waals surface area contributed by atoms with Crippen LogP contribution in [0.1, 0.15) is 34.1 Å². The largest absolute Gasteiger partial charge is 0.345 e. The summed E-state index contributed by atoms with van der Waals surface area (Å²) < 4.78 is 0. The lowest BCUT2D eigenvalue weighted by molar-refractivity contribution is -0.129. The van der Waals surface area contributed by atoms with Crippen molar-refractivity contribution in [2.75, 3.05) is 25.1 Å². The van der Waals surface area contributed by atoms with E-state index in [2.05, 4.69) is 27.7 Å². The van der Waals surface area contributed by atoms with Gasteiger partial charge in [-0.2, -0.15) is 11.8 Å². The predicted molar refractivity (Wildman–Crippen MR) is 69.3 cm³/mol. The Labute approximate surface area is 98.8 Å². The van der Waals surface area contributed by atoms with E-state index in [1.807, 2.05) is 23.7 Å². The highest BCUT2D eigenvalue weighted by Crippen LogP contribution is 2.09. The molecular formula is C12H25NOS. The number of carbonyl (C=O) groups excluding carboxylic acids is 1. The van der Waals surface area contributed by atoms with Crippen LogP contribution in [0.2, 0.25) is 0 Å². The maximum Gasteiger partial charge on any atom is 0.223 e. The van der Waals surface area contributed by atoms with E-state index >= 15 is 0 Å². The SMILES string of the molecule is CC(C)CSCCC(=O)N(C)CC(C)C. The molecule has 90 valence electrons. The minimum absolute atomic E-state index is 0.278. The molecule has 0 fully saturated rings. The van der Waals surface area contributed by atoms with Gasteiger partial charge in [0.25, 0.3) is 0 Å². The third kappa shape index (κ3) is 8.79. The summed E-state index contributed by atoms with van der Waals surface area (Å²) >= 11 is 1.88. The average Bonchev–Trinajstić information content (AvgIpc) is 2.10. The summed E-state index contributed by atoms with van der Waals surface area (Å²) in [7, 11) is 1.90. The molecule has 0 atom stereocenters. The maximum atomic E-state index is 11.6. The Hall–Kier alpha value is -0.180. The number of rotatable bonds is 7. The second-order valence-electron chi connectivity index (χ2n) is 4.89. The zero-order valence-electron chi connectivity index (χ0n) is 10.7. The molecule has 0 N–H and O–H groups in total. The van der Waals surface area contributed by atoms with Crippen molar-refractivity contribution in [2.24, 2.45) is 11.8 Å². The van der Waals surface area contributed by atoms with Crippen LogP contribution >= 0.6 is 11.8 Å². The second kappa shape index (κ2) is 8.03. The lowest BCUT2D eigenvalue weighted by Gasteiger charge is -2.19. The summed E-state index contributed by atoms with van der Waals surface area (Å²) in [5, 5.41) is 0. The Morgan fingerprint density at radius 3 is 2.27 bits per heavy atom. The zero-order chi connectivity index (χ0) is 11.8. The highest BCUT2D eigenvalue weighted by atomic mass is 32.2. The van der Waals surface area contributed by atoms with E-state index in [0.717, 1.165) is 24.0 Å². The highest BCUT2D eigenvalue weighted by molar-refractivity contribution is 7.99. The van der Waals surface area contributed by atoms with Crippen LogP contribution in [-0.4, -0.2) is 35.9 Å². The summed E-state index contributed by atoms with van der Waals surface area (Å²) in [5.41, 5.74) is 0. The van der Waals surface area contributed by atoms with Crippen molar-refractivity contribution >= 4 is 17.7 Å². The van der Waals surface area contributed by atoms with Crippen molar-refractivity contribution in [1.29, 1.82) is 0 Å². The Kier molecular flexibility index (Phi) is 7.93. The Bertz CT molecular complexity index is 180. The third-order valence-electron chi connectivity index (χ3n) is 1.98. The summed E-state index contributed by atoms with van der Waals surface area (Å²) in [6.45, 7) is 9.56. The Morgan fingerprint density at radius 2 is 1.80 bits per heavy atom. The van der Waals surface area contributed by atoms with Gasteiger partial charge >= 0.3 is 0 Å². The summed E-state index contributed by atoms with van der Waals surface area (Å²) in [6.07, 6.45) is 0.681. The molecule has 0 saturated carbocycles. The number of hydrogen-bond donors (Lipinski definition) is 0. The van der Waals surface area contributed by atoms with Crippen molar-refractivity contribution in [2.45, 2.75) is 34.1 Å². The highest BCUT2D eigenvalue weighted by Gasteiger charge is 2.09. The van der Waals surface area contributed by atoms with Gasteiger partial charge in [-0.1, -0.05) is 27.7 Å². The predicted octanol–water partition coefficient (Wildman–Crippen LogP) is 2.88. The van der Waals surface area contributed by atoms with Gasteiger partial charge in [0.05, 0.1) is 0 Å². The lowest BCUT2D eigenvalue weighted by Crippen LogP contribution is -2.30. The quantitative estimate of drug-likeness (QED) is 0.628. The first kappa shape index (κ1) is 14.8. The molecule has 0 unspecified atom stereocenters. The van der Waals surface area contributed by atoms with Crippen molar-refractivity contribution in [3.63, 3.8) is 0 Å². The van der Waals surface area contributed by atoms with E-state index in [4.69, 9.17) is 0 Å². The molecule has 0 radical (unpaired) electrons. The smallest absolute Gasteiger partial charge is 0.223 e. The fourth-order valence-corrected chi connectivity index (χ4v) is 2.28. The molecule has 0 aromatic heterocycles. The normalized spacial score (nSPS) is 11.1. The van der Waals surface area contributed by atoms with Gasteiger partial charge in [0.2, 0.25) is 5.91 Å². The fraction of sp³-hybridized carbons (Fsp3) is 0.917. The number of hydrogen-bond acceptors (Lipinski definition) is 2. The van der Waals surface area contributed by atoms with Crippen LogP contribution in [0.25, 0.3) is 0 Å². The molecule has 0 saturated heterocycles. The molecule has 0 aliphatic heterocycles. The molecule has 15 heavy (non-hydrogen) atoms.